The highest BCUT2D eigenvalue weighted by Gasteiger charge is 2.32. The van der Waals surface area contributed by atoms with Gasteiger partial charge in [-0.3, -0.25) is 14.4 Å². The summed E-state index contributed by atoms with van der Waals surface area (Å²) in [6.45, 7) is 13.3. The number of allylic oxidation sites excluding steroid dienone is 5. The molecule has 0 fully saturated rings. The predicted molar refractivity (Wildman–Crippen MR) is 276 cm³/mol. The van der Waals surface area contributed by atoms with E-state index in [1.807, 2.05) is 88.4 Å². The second-order valence-corrected chi connectivity index (χ2v) is 19.6. The largest absolute Gasteiger partial charge is 0.481 e. The van der Waals surface area contributed by atoms with Crippen molar-refractivity contribution in [2.24, 2.45) is 9.98 Å². The number of nitrogens with zero attached hydrogens (tertiary/aromatic N) is 2. The Balaban J connectivity index is 1.15. The Morgan fingerprint density at radius 1 is 0.806 bits per heavy atom. The number of aromatic nitrogens is 2. The molecule has 3 aliphatic heterocycles. The molecule has 374 valence electrons. The van der Waals surface area contributed by atoms with Crippen LogP contribution in [-0.2, 0) is 30.3 Å². The molecule has 4 aromatic rings. The van der Waals surface area contributed by atoms with Crippen molar-refractivity contribution >= 4 is 59.7 Å². The number of hydrogen-bond donors (Lipinski definition) is 7. The Labute approximate surface area is 417 Å². The number of carbonyl (C=O) groups excluding carboxylic acids is 3. The van der Waals surface area contributed by atoms with Crippen LogP contribution in [0.5, 0.6) is 0 Å². The van der Waals surface area contributed by atoms with Crippen LogP contribution in [0.4, 0.5) is 9.59 Å². The lowest BCUT2D eigenvalue weighted by molar-refractivity contribution is -0.138. The van der Waals surface area contributed by atoms with Crippen LogP contribution < -0.4 is 26.6 Å². The lowest BCUT2D eigenvalue weighted by Crippen LogP contribution is -2.41. The number of aliphatic imine (C=N–C) groups is 2. The van der Waals surface area contributed by atoms with Gasteiger partial charge in [0, 0.05) is 58.7 Å². The number of carbonyl (C=O) groups is 5. The van der Waals surface area contributed by atoms with Gasteiger partial charge in [-0.25, -0.2) is 19.6 Å². The van der Waals surface area contributed by atoms with Gasteiger partial charge >= 0.3 is 24.1 Å². The molecule has 1 atom stereocenters. The molecule has 2 aromatic carbocycles. The minimum absolute atomic E-state index is 0.0404. The molecule has 8 rings (SSSR count). The number of alkyl carbamates (subject to hydrolysis) is 2. The lowest BCUT2D eigenvalue weighted by atomic mass is 9.98. The number of H-pyrrole nitrogens is 2. The quantitative estimate of drug-likeness (QED) is 0.0569. The molecule has 16 nitrogen and oxygen atoms in total. The number of nitrogens with one attached hydrogen (secondary N) is 5. The second-order valence-electron chi connectivity index (χ2n) is 19.6. The molecular formula is C56H61N7O9. The highest BCUT2D eigenvalue weighted by Crippen LogP contribution is 2.44. The molecule has 7 N–H and O–H groups in total. The SMILES string of the molecule is CC1=C2C=c3cc(C)c([nH]3)=Cc3[nH]c(c(CCC(=O)O)c3C)C=C3N=C(C=C(N2)C1=NC(=O)C(CCCCNC(=O)OC(C)(C)C)NC(=O)OCC1c2ccccc2-c2ccccc21)C(C)=C3CCC(=O)O. The van der Waals surface area contributed by atoms with E-state index in [-0.39, 0.29) is 51.2 Å². The second kappa shape index (κ2) is 21.1. The van der Waals surface area contributed by atoms with Gasteiger partial charge in [0.15, 0.2) is 0 Å². The summed E-state index contributed by atoms with van der Waals surface area (Å²) in [7, 11) is 0. The first-order chi connectivity index (χ1) is 34.3. The van der Waals surface area contributed by atoms with Gasteiger partial charge in [-0.2, -0.15) is 0 Å². The summed E-state index contributed by atoms with van der Waals surface area (Å²) < 4.78 is 11.3. The van der Waals surface area contributed by atoms with Crippen LogP contribution >= 0.6 is 0 Å². The van der Waals surface area contributed by atoms with E-state index in [1.54, 1.807) is 26.8 Å². The van der Waals surface area contributed by atoms with Crippen LogP contribution in [-0.4, -0.2) is 86.4 Å². The van der Waals surface area contributed by atoms with Crippen LogP contribution in [0.1, 0.15) is 118 Å². The highest BCUT2D eigenvalue weighted by molar-refractivity contribution is 6.24. The molecule has 72 heavy (non-hydrogen) atoms. The van der Waals surface area contributed by atoms with E-state index in [4.69, 9.17) is 19.5 Å². The van der Waals surface area contributed by atoms with Crippen molar-refractivity contribution in [3.63, 3.8) is 0 Å². The smallest absolute Gasteiger partial charge is 0.407 e. The summed E-state index contributed by atoms with van der Waals surface area (Å²) in [5, 5.41) is 30.1. The van der Waals surface area contributed by atoms with E-state index < -0.39 is 41.7 Å². The monoisotopic (exact) mass is 975 g/mol. The average Bonchev–Trinajstić information content (AvgIpc) is 4.08. The van der Waals surface area contributed by atoms with Crippen molar-refractivity contribution in [2.45, 2.75) is 111 Å². The Kier molecular flexibility index (Phi) is 14.8. The molecule has 2 aromatic heterocycles. The Hall–Kier alpha value is -8.01. The van der Waals surface area contributed by atoms with Crippen molar-refractivity contribution in [3.8, 4) is 11.1 Å². The van der Waals surface area contributed by atoms with Crippen molar-refractivity contribution in [3.05, 3.63) is 144 Å². The lowest BCUT2D eigenvalue weighted by Gasteiger charge is -2.20. The van der Waals surface area contributed by atoms with Gasteiger partial charge < -0.3 is 45.6 Å². The summed E-state index contributed by atoms with van der Waals surface area (Å²) in [4.78, 5) is 81.4. The number of amides is 3. The van der Waals surface area contributed by atoms with Crippen LogP contribution in [0.25, 0.3) is 29.4 Å². The van der Waals surface area contributed by atoms with Gasteiger partial charge in [0.05, 0.1) is 22.8 Å². The molecule has 1 aliphatic carbocycles. The number of hydrogen-bond acceptors (Lipinski definition) is 9. The van der Waals surface area contributed by atoms with Crippen molar-refractivity contribution in [2.75, 3.05) is 13.2 Å². The number of aryl methyl sites for hydroxylation is 1. The fourth-order valence-corrected chi connectivity index (χ4v) is 9.56. The van der Waals surface area contributed by atoms with Gasteiger partial charge in [-0.1, -0.05) is 48.5 Å². The summed E-state index contributed by atoms with van der Waals surface area (Å²) in [5.41, 5.74) is 12.2. The third-order valence-corrected chi connectivity index (χ3v) is 13.3. The van der Waals surface area contributed by atoms with Gasteiger partial charge in [0.1, 0.15) is 18.2 Å². The van der Waals surface area contributed by atoms with Crippen LogP contribution in [0.3, 0.4) is 0 Å². The fraction of sp³-hybridized carbons (Fsp3) is 0.339. The molecule has 4 aliphatic rings. The minimum atomic E-state index is -1.12. The summed E-state index contributed by atoms with van der Waals surface area (Å²) in [6.07, 6.45) is 7.46. The maximum absolute atomic E-state index is 14.7. The Morgan fingerprint density at radius 3 is 2.17 bits per heavy atom. The first-order valence-corrected chi connectivity index (χ1v) is 24.3. The van der Waals surface area contributed by atoms with E-state index in [1.165, 1.54) is 0 Å². The number of rotatable bonds is 15. The molecular weight excluding hydrogens is 915 g/mol. The first-order valence-electron chi connectivity index (χ1n) is 24.3. The van der Waals surface area contributed by atoms with Gasteiger partial charge in [0.25, 0.3) is 5.91 Å². The van der Waals surface area contributed by atoms with Crippen molar-refractivity contribution in [1.82, 2.24) is 25.9 Å². The van der Waals surface area contributed by atoms with Crippen LogP contribution in [0.15, 0.2) is 104 Å². The van der Waals surface area contributed by atoms with E-state index in [0.717, 1.165) is 60.9 Å². The van der Waals surface area contributed by atoms with Crippen molar-refractivity contribution in [1.29, 1.82) is 0 Å². The Bertz CT molecular complexity index is 3160. The number of ether oxygens (including phenoxy) is 2. The minimum Gasteiger partial charge on any atom is -0.481 e. The maximum atomic E-state index is 14.7. The average molecular weight is 976 g/mol. The molecule has 0 saturated carbocycles. The van der Waals surface area contributed by atoms with Crippen LogP contribution in [0, 0.1) is 13.8 Å². The molecule has 8 bridgehead atoms. The van der Waals surface area contributed by atoms with E-state index >= 15 is 0 Å². The number of carboxylic acids is 2. The number of fused-ring (bicyclic) bond motifs is 10. The number of aromatic amines is 2. The van der Waals surface area contributed by atoms with Gasteiger partial charge in [-0.05, 0) is 161 Å². The third-order valence-electron chi connectivity index (χ3n) is 13.3. The molecule has 0 saturated heterocycles. The van der Waals surface area contributed by atoms with E-state index in [2.05, 4.69) is 38.1 Å². The zero-order valence-electron chi connectivity index (χ0n) is 41.7. The molecule has 5 heterocycles. The molecule has 0 spiro atoms. The predicted octanol–water partition coefficient (Wildman–Crippen LogP) is 7.91. The third kappa shape index (κ3) is 11.4. The zero-order chi connectivity index (χ0) is 51.4. The van der Waals surface area contributed by atoms with E-state index in [0.29, 0.717) is 58.2 Å². The molecule has 16 heteroatoms. The van der Waals surface area contributed by atoms with Crippen LogP contribution in [0.2, 0.25) is 0 Å². The standard InChI is InChI=1S/C56H61N7O9/c1-30-24-34-25-44-33(4)52(49(61-44)27-46-32(3)36(20-22-51(66)67)48(60-46)28-47-35(19-21-50(64)65)31(2)45(59-47)26-43(30)58-34)63-53(68)42(18-12-13-23-57-54(69)72-56(5,6)7)62-55(70)71-29-41-39-16-10-8-14-37(39)38-15-9-11-17-40(38)41/h8-11,14-17,24-28,41-42,58-59,61H,12-13,18-23,29H2,1-7H3,(H,57,69)(H,62,70)(H,64,65)(H,66,67). The van der Waals surface area contributed by atoms with E-state index in [9.17, 15) is 34.2 Å². The number of benzene rings is 2. The van der Waals surface area contributed by atoms with Crippen molar-refractivity contribution < 1.29 is 43.7 Å². The Morgan fingerprint density at radius 2 is 1.49 bits per heavy atom. The van der Waals surface area contributed by atoms with Gasteiger partial charge in [-0.15, -0.1) is 0 Å². The summed E-state index contributed by atoms with van der Waals surface area (Å²) in [5.74, 6) is -2.73. The first kappa shape index (κ1) is 50.4. The molecule has 0 radical (unpaired) electrons. The number of carboxylic acid groups (broad SMARTS) is 2. The normalized spacial score (nSPS) is 15.9. The zero-order valence-corrected chi connectivity index (χ0v) is 41.7. The highest BCUT2D eigenvalue weighted by atomic mass is 16.6. The summed E-state index contributed by atoms with van der Waals surface area (Å²) >= 11 is 0. The number of aliphatic carboxylic acids is 2. The molecule has 1 unspecified atom stereocenters. The summed E-state index contributed by atoms with van der Waals surface area (Å²) in [6, 6.07) is 16.9. The fourth-order valence-electron chi connectivity index (χ4n) is 9.56. The molecule has 3 amide bonds. The maximum Gasteiger partial charge on any atom is 0.407 e. The van der Waals surface area contributed by atoms with Gasteiger partial charge in [0.2, 0.25) is 0 Å². The number of unbranched alkanes of at least 4 members (excludes halogenated alkanes) is 1. The topological polar surface area (TPSA) is 237 Å².